The monoisotopic (exact) mass is 186 g/mol. The fraction of sp³-hybridized carbons (Fsp3) is 0.125. The van der Waals surface area contributed by atoms with Crippen LogP contribution in [-0.2, 0) is 0 Å². The van der Waals surface area contributed by atoms with Crippen molar-refractivity contribution in [1.82, 2.24) is 0 Å². The first kappa shape index (κ1) is 9.44. The van der Waals surface area contributed by atoms with Gasteiger partial charge in [-0.2, -0.15) is 0 Å². The maximum Gasteiger partial charge on any atom is 0.263 e. The van der Waals surface area contributed by atoms with Crippen molar-refractivity contribution in [3.05, 3.63) is 29.3 Å². The summed E-state index contributed by atoms with van der Waals surface area (Å²) in [6.45, 7) is 0. The van der Waals surface area contributed by atoms with E-state index in [1.165, 1.54) is 6.07 Å². The largest absolute Gasteiger partial charge is 0.398 e. The summed E-state index contributed by atoms with van der Waals surface area (Å²) in [5, 5.41) is 0. The predicted molar refractivity (Wildman–Crippen MR) is 44.3 cm³/mol. The lowest BCUT2D eigenvalue weighted by atomic mass is 10.1. The molecule has 1 rings (SSSR count). The van der Waals surface area contributed by atoms with E-state index in [0.717, 1.165) is 12.1 Å². The number of alkyl halides is 2. The third kappa shape index (κ3) is 1.93. The van der Waals surface area contributed by atoms with Crippen LogP contribution >= 0.6 is 0 Å². The van der Waals surface area contributed by atoms with Gasteiger partial charge in [-0.05, 0) is 12.1 Å². The van der Waals surface area contributed by atoms with Crippen LogP contribution < -0.4 is 11.5 Å². The molecule has 0 unspecified atom stereocenters. The van der Waals surface area contributed by atoms with E-state index in [-0.39, 0.29) is 16.8 Å². The van der Waals surface area contributed by atoms with Gasteiger partial charge in [-0.15, -0.1) is 0 Å². The first-order chi connectivity index (χ1) is 6.02. The number of benzene rings is 1. The van der Waals surface area contributed by atoms with Crippen molar-refractivity contribution in [2.45, 2.75) is 6.43 Å². The zero-order valence-electron chi connectivity index (χ0n) is 6.63. The first-order valence-corrected chi connectivity index (χ1v) is 3.49. The second-order valence-electron chi connectivity index (χ2n) is 2.51. The molecule has 3 nitrogen and oxygen atoms in total. The van der Waals surface area contributed by atoms with Crippen LogP contribution in [0.15, 0.2) is 18.2 Å². The number of nitrogen functional groups attached to an aromatic ring is 1. The SMILES string of the molecule is NC(=O)c1cc(C(F)F)ccc1N. The molecule has 70 valence electrons. The summed E-state index contributed by atoms with van der Waals surface area (Å²) >= 11 is 0. The van der Waals surface area contributed by atoms with Gasteiger partial charge in [0.05, 0.1) is 5.56 Å². The van der Waals surface area contributed by atoms with Crippen LogP contribution in [0.3, 0.4) is 0 Å². The number of carbonyl (C=O) groups is 1. The topological polar surface area (TPSA) is 69.1 Å². The number of hydrogen-bond acceptors (Lipinski definition) is 2. The van der Waals surface area contributed by atoms with E-state index < -0.39 is 12.3 Å². The number of halogens is 2. The summed E-state index contributed by atoms with van der Waals surface area (Å²) in [6.07, 6.45) is -2.63. The van der Waals surface area contributed by atoms with Gasteiger partial charge < -0.3 is 11.5 Å². The van der Waals surface area contributed by atoms with Crippen LogP contribution in [0.1, 0.15) is 22.3 Å². The zero-order valence-corrected chi connectivity index (χ0v) is 6.63. The zero-order chi connectivity index (χ0) is 10.0. The average molecular weight is 186 g/mol. The Hall–Kier alpha value is -1.65. The van der Waals surface area contributed by atoms with Crippen LogP contribution in [0.2, 0.25) is 0 Å². The molecule has 1 aromatic carbocycles. The molecule has 13 heavy (non-hydrogen) atoms. The Labute approximate surface area is 73.3 Å². The molecule has 0 heterocycles. The molecule has 1 aromatic rings. The number of carbonyl (C=O) groups excluding carboxylic acids is 1. The van der Waals surface area contributed by atoms with Gasteiger partial charge in [0.15, 0.2) is 0 Å². The van der Waals surface area contributed by atoms with Gasteiger partial charge in [-0.1, -0.05) is 6.07 Å². The molecule has 0 fully saturated rings. The normalized spacial score (nSPS) is 10.4. The summed E-state index contributed by atoms with van der Waals surface area (Å²) in [4.78, 5) is 10.7. The van der Waals surface area contributed by atoms with E-state index in [2.05, 4.69) is 0 Å². The summed E-state index contributed by atoms with van der Waals surface area (Å²) in [5.41, 5.74) is 10.0. The highest BCUT2D eigenvalue weighted by molar-refractivity contribution is 5.98. The van der Waals surface area contributed by atoms with E-state index >= 15 is 0 Å². The Morgan fingerprint density at radius 2 is 2.00 bits per heavy atom. The molecule has 4 N–H and O–H groups in total. The standard InChI is InChI=1S/C8H8F2N2O/c9-7(10)4-1-2-6(11)5(3-4)8(12)13/h1-3,7H,11H2,(H2,12,13). The molecule has 0 spiro atoms. The molecule has 0 atom stereocenters. The minimum Gasteiger partial charge on any atom is -0.398 e. The van der Waals surface area contributed by atoms with Crippen molar-refractivity contribution in [3.8, 4) is 0 Å². The Morgan fingerprint density at radius 3 is 2.46 bits per heavy atom. The minimum absolute atomic E-state index is 0.0715. The van der Waals surface area contributed by atoms with E-state index in [1.54, 1.807) is 0 Å². The Balaban J connectivity index is 3.19. The van der Waals surface area contributed by atoms with Crippen molar-refractivity contribution in [1.29, 1.82) is 0 Å². The minimum atomic E-state index is -2.63. The van der Waals surface area contributed by atoms with Crippen molar-refractivity contribution in [2.75, 3.05) is 5.73 Å². The number of rotatable bonds is 2. The number of nitrogens with two attached hydrogens (primary N) is 2. The molecule has 0 aliphatic rings. The number of hydrogen-bond donors (Lipinski definition) is 2. The smallest absolute Gasteiger partial charge is 0.263 e. The third-order valence-electron chi connectivity index (χ3n) is 1.59. The molecule has 0 saturated carbocycles. The van der Waals surface area contributed by atoms with Crippen molar-refractivity contribution in [3.63, 3.8) is 0 Å². The second-order valence-corrected chi connectivity index (χ2v) is 2.51. The molecule has 0 bridgehead atoms. The van der Waals surface area contributed by atoms with Gasteiger partial charge in [0.2, 0.25) is 0 Å². The fourth-order valence-electron chi connectivity index (χ4n) is 0.923. The fourth-order valence-corrected chi connectivity index (χ4v) is 0.923. The summed E-state index contributed by atoms with van der Waals surface area (Å²) < 4.78 is 24.3. The van der Waals surface area contributed by atoms with Gasteiger partial charge in [-0.3, -0.25) is 4.79 Å². The van der Waals surface area contributed by atoms with Crippen LogP contribution in [0.5, 0.6) is 0 Å². The predicted octanol–water partition coefficient (Wildman–Crippen LogP) is 1.31. The lowest BCUT2D eigenvalue weighted by molar-refractivity contribution is 0.100. The highest BCUT2D eigenvalue weighted by Gasteiger charge is 2.11. The Bertz CT molecular complexity index is 339. The van der Waals surface area contributed by atoms with Crippen LogP contribution in [0.4, 0.5) is 14.5 Å². The molecule has 1 amide bonds. The first-order valence-electron chi connectivity index (χ1n) is 3.49. The maximum atomic E-state index is 12.1. The Kier molecular flexibility index (Phi) is 2.46. The third-order valence-corrected chi connectivity index (χ3v) is 1.59. The molecule has 0 radical (unpaired) electrons. The van der Waals surface area contributed by atoms with Gasteiger partial charge >= 0.3 is 0 Å². The van der Waals surface area contributed by atoms with E-state index in [4.69, 9.17) is 11.5 Å². The number of amides is 1. The van der Waals surface area contributed by atoms with E-state index in [0.29, 0.717) is 0 Å². The Morgan fingerprint density at radius 1 is 1.38 bits per heavy atom. The molecule has 0 saturated heterocycles. The average Bonchev–Trinajstić information content (AvgIpc) is 2.04. The second kappa shape index (κ2) is 3.38. The van der Waals surface area contributed by atoms with Gasteiger partial charge in [0.25, 0.3) is 12.3 Å². The van der Waals surface area contributed by atoms with Crippen molar-refractivity contribution in [2.24, 2.45) is 5.73 Å². The number of primary amides is 1. The summed E-state index contributed by atoms with van der Waals surface area (Å²) in [5.74, 6) is -0.806. The van der Waals surface area contributed by atoms with Gasteiger partial charge in [0.1, 0.15) is 0 Å². The van der Waals surface area contributed by atoms with Gasteiger partial charge in [0, 0.05) is 11.3 Å². The van der Waals surface area contributed by atoms with Crippen LogP contribution in [0.25, 0.3) is 0 Å². The molecular weight excluding hydrogens is 178 g/mol. The van der Waals surface area contributed by atoms with Crippen molar-refractivity contribution < 1.29 is 13.6 Å². The highest BCUT2D eigenvalue weighted by atomic mass is 19.3. The van der Waals surface area contributed by atoms with Crippen molar-refractivity contribution >= 4 is 11.6 Å². The summed E-state index contributed by atoms with van der Waals surface area (Å²) in [6, 6.07) is 3.40. The quantitative estimate of drug-likeness (QED) is 0.683. The number of anilines is 1. The highest BCUT2D eigenvalue weighted by Crippen LogP contribution is 2.22. The lowest BCUT2D eigenvalue weighted by Crippen LogP contribution is -2.13. The van der Waals surface area contributed by atoms with Crippen LogP contribution in [0, 0.1) is 0 Å². The lowest BCUT2D eigenvalue weighted by Gasteiger charge is -2.04. The molecule has 0 aliphatic heterocycles. The van der Waals surface area contributed by atoms with E-state index in [9.17, 15) is 13.6 Å². The van der Waals surface area contributed by atoms with Gasteiger partial charge in [-0.25, -0.2) is 8.78 Å². The maximum absolute atomic E-state index is 12.1. The molecular formula is C8H8F2N2O. The summed E-state index contributed by atoms with van der Waals surface area (Å²) in [7, 11) is 0. The molecule has 5 heteroatoms. The van der Waals surface area contributed by atoms with E-state index in [1.807, 2.05) is 0 Å². The van der Waals surface area contributed by atoms with Crippen LogP contribution in [-0.4, -0.2) is 5.91 Å². The molecule has 0 aromatic heterocycles. The molecule has 0 aliphatic carbocycles.